The number of nitrogens with zero attached hydrogens (tertiary/aromatic N) is 3. The van der Waals surface area contributed by atoms with Gasteiger partial charge in [-0.2, -0.15) is 0 Å². The number of carboxylic acid groups (broad SMARTS) is 1. The molecule has 0 unspecified atom stereocenters. The third-order valence-electron chi connectivity index (χ3n) is 4.11. The molecule has 2 aromatic heterocycles. The molecule has 1 aliphatic carbocycles. The number of benzene rings is 1. The first-order chi connectivity index (χ1) is 12.1. The topological polar surface area (TPSA) is 68.0 Å². The van der Waals surface area contributed by atoms with Gasteiger partial charge in [-0.1, -0.05) is 42.1 Å². The molecular formula is C17H14BrN3O2S2. The van der Waals surface area contributed by atoms with Gasteiger partial charge in [0.05, 0.1) is 5.75 Å². The SMILES string of the molecule is O=C(O)CSc1nnc(Br)n1-c1sc(-c2ccccc2)c2c1CCC2. The van der Waals surface area contributed by atoms with E-state index < -0.39 is 5.97 Å². The second-order valence-electron chi connectivity index (χ2n) is 5.68. The number of carboxylic acids is 1. The van der Waals surface area contributed by atoms with Gasteiger partial charge in [0.25, 0.3) is 0 Å². The molecule has 0 saturated carbocycles. The van der Waals surface area contributed by atoms with Crippen molar-refractivity contribution in [2.75, 3.05) is 5.75 Å². The van der Waals surface area contributed by atoms with Crippen molar-refractivity contribution in [1.82, 2.24) is 14.8 Å². The van der Waals surface area contributed by atoms with Gasteiger partial charge in [-0.3, -0.25) is 9.36 Å². The Hall–Kier alpha value is -1.64. The first-order valence-electron chi connectivity index (χ1n) is 7.81. The largest absolute Gasteiger partial charge is 0.481 e. The van der Waals surface area contributed by atoms with Gasteiger partial charge in [0, 0.05) is 4.88 Å². The lowest BCUT2D eigenvalue weighted by atomic mass is 10.1. The number of carbonyl (C=O) groups is 1. The highest BCUT2D eigenvalue weighted by atomic mass is 79.9. The van der Waals surface area contributed by atoms with E-state index >= 15 is 0 Å². The van der Waals surface area contributed by atoms with Crippen LogP contribution in [0.4, 0.5) is 0 Å². The number of hydrogen-bond acceptors (Lipinski definition) is 5. The molecule has 1 aliphatic rings. The first kappa shape index (κ1) is 16.8. The maximum Gasteiger partial charge on any atom is 0.313 e. The Bertz CT molecular complexity index is 937. The molecule has 0 fully saturated rings. The summed E-state index contributed by atoms with van der Waals surface area (Å²) >= 11 is 6.39. The zero-order chi connectivity index (χ0) is 17.4. The van der Waals surface area contributed by atoms with Crippen molar-refractivity contribution in [3.63, 3.8) is 0 Å². The summed E-state index contributed by atoms with van der Waals surface area (Å²) in [5.41, 5.74) is 3.96. The fraction of sp³-hybridized carbons (Fsp3) is 0.235. The molecule has 2 heterocycles. The maximum atomic E-state index is 10.9. The van der Waals surface area contributed by atoms with Crippen molar-refractivity contribution >= 4 is 45.0 Å². The van der Waals surface area contributed by atoms with E-state index in [2.05, 4.69) is 50.4 Å². The molecule has 5 nitrogen and oxygen atoms in total. The Morgan fingerprint density at radius 1 is 1.24 bits per heavy atom. The van der Waals surface area contributed by atoms with E-state index in [1.165, 1.54) is 33.3 Å². The molecule has 1 N–H and O–H groups in total. The highest BCUT2D eigenvalue weighted by Gasteiger charge is 2.27. The lowest BCUT2D eigenvalue weighted by Crippen LogP contribution is -2.02. The molecule has 0 bridgehead atoms. The molecule has 3 aromatic rings. The van der Waals surface area contributed by atoms with Gasteiger partial charge in [-0.25, -0.2) is 0 Å². The fourth-order valence-corrected chi connectivity index (χ4v) is 5.88. The predicted octanol–water partition coefficient (Wildman–Crippen LogP) is 4.42. The van der Waals surface area contributed by atoms with Crippen LogP contribution in [0.3, 0.4) is 0 Å². The van der Waals surface area contributed by atoms with Crippen molar-refractivity contribution in [2.45, 2.75) is 24.4 Å². The van der Waals surface area contributed by atoms with Crippen LogP contribution < -0.4 is 0 Å². The second kappa shape index (κ2) is 6.93. The van der Waals surface area contributed by atoms with Crippen LogP contribution in [0.5, 0.6) is 0 Å². The minimum absolute atomic E-state index is 0.0375. The fourth-order valence-electron chi connectivity index (χ4n) is 3.10. The summed E-state index contributed by atoms with van der Waals surface area (Å²) in [6.45, 7) is 0. The molecular weight excluding hydrogens is 422 g/mol. The lowest BCUT2D eigenvalue weighted by molar-refractivity contribution is -0.133. The molecule has 0 saturated heterocycles. The van der Waals surface area contributed by atoms with Crippen molar-refractivity contribution in [3.8, 4) is 15.4 Å². The summed E-state index contributed by atoms with van der Waals surface area (Å²) in [6.07, 6.45) is 3.25. The smallest absolute Gasteiger partial charge is 0.313 e. The van der Waals surface area contributed by atoms with Crippen LogP contribution in [0.1, 0.15) is 17.5 Å². The number of aromatic nitrogens is 3. The summed E-state index contributed by atoms with van der Waals surface area (Å²) in [5.74, 6) is -0.901. The van der Waals surface area contributed by atoms with Gasteiger partial charge >= 0.3 is 5.97 Å². The molecule has 0 amide bonds. The Kier molecular flexibility index (Phi) is 4.66. The molecule has 0 atom stereocenters. The van der Waals surface area contributed by atoms with E-state index in [4.69, 9.17) is 5.11 Å². The average Bonchev–Trinajstić information content (AvgIpc) is 3.29. The summed E-state index contributed by atoms with van der Waals surface area (Å²) in [4.78, 5) is 12.2. The van der Waals surface area contributed by atoms with Crippen LogP contribution in [0, 0.1) is 0 Å². The Morgan fingerprint density at radius 2 is 2.00 bits per heavy atom. The van der Waals surface area contributed by atoms with Gasteiger partial charge in [0.2, 0.25) is 4.73 Å². The van der Waals surface area contributed by atoms with E-state index in [0.29, 0.717) is 9.89 Å². The van der Waals surface area contributed by atoms with Gasteiger partial charge in [0.1, 0.15) is 5.00 Å². The molecule has 1 aromatic carbocycles. The van der Waals surface area contributed by atoms with E-state index in [1.54, 1.807) is 11.3 Å². The summed E-state index contributed by atoms with van der Waals surface area (Å²) in [6, 6.07) is 10.4. The lowest BCUT2D eigenvalue weighted by Gasteiger charge is -2.06. The Labute approximate surface area is 161 Å². The number of fused-ring (bicyclic) bond motifs is 1. The van der Waals surface area contributed by atoms with Crippen molar-refractivity contribution < 1.29 is 9.90 Å². The highest BCUT2D eigenvalue weighted by molar-refractivity contribution is 9.10. The molecule has 128 valence electrons. The molecule has 8 heteroatoms. The highest BCUT2D eigenvalue weighted by Crippen LogP contribution is 2.45. The van der Waals surface area contributed by atoms with Crippen LogP contribution in [0.2, 0.25) is 0 Å². The minimum atomic E-state index is -0.864. The van der Waals surface area contributed by atoms with Crippen molar-refractivity contribution in [2.24, 2.45) is 0 Å². The van der Waals surface area contributed by atoms with Crippen molar-refractivity contribution in [3.05, 3.63) is 46.2 Å². The van der Waals surface area contributed by atoms with E-state index in [9.17, 15) is 4.79 Å². The number of rotatable bonds is 5. The van der Waals surface area contributed by atoms with Crippen molar-refractivity contribution in [1.29, 1.82) is 0 Å². The molecule has 4 rings (SSSR count). The quantitative estimate of drug-likeness (QED) is 0.600. The summed E-state index contributed by atoms with van der Waals surface area (Å²) in [7, 11) is 0. The van der Waals surface area contributed by atoms with Crippen LogP contribution >= 0.6 is 39.0 Å². The Morgan fingerprint density at radius 3 is 2.76 bits per heavy atom. The van der Waals surface area contributed by atoms with Gasteiger partial charge < -0.3 is 5.11 Å². The third kappa shape index (κ3) is 3.14. The number of thiophene rings is 1. The van der Waals surface area contributed by atoms with Crippen LogP contribution in [-0.4, -0.2) is 31.6 Å². The monoisotopic (exact) mass is 435 g/mol. The molecule has 0 spiro atoms. The average molecular weight is 436 g/mol. The standard InChI is InChI=1S/C17H14BrN3O2S2/c18-16-19-20-17(24-9-13(22)23)21(16)15-12-8-4-7-11(12)14(25-15)10-5-2-1-3-6-10/h1-3,5-6H,4,7-9H2,(H,22,23). The van der Waals surface area contributed by atoms with Crippen LogP contribution in [-0.2, 0) is 17.6 Å². The summed E-state index contributed by atoms with van der Waals surface area (Å²) < 4.78 is 2.55. The van der Waals surface area contributed by atoms with Crippen LogP contribution in [0.15, 0.2) is 40.2 Å². The zero-order valence-electron chi connectivity index (χ0n) is 13.1. The van der Waals surface area contributed by atoms with E-state index in [1.807, 2.05) is 10.6 Å². The van der Waals surface area contributed by atoms with E-state index in [-0.39, 0.29) is 5.75 Å². The minimum Gasteiger partial charge on any atom is -0.481 e. The summed E-state index contributed by atoms with van der Waals surface area (Å²) in [5, 5.41) is 18.9. The zero-order valence-corrected chi connectivity index (χ0v) is 16.3. The van der Waals surface area contributed by atoms with Crippen LogP contribution in [0.25, 0.3) is 15.4 Å². The van der Waals surface area contributed by atoms with Gasteiger partial charge in [0.15, 0.2) is 5.16 Å². The third-order valence-corrected chi connectivity index (χ3v) is 6.84. The molecule has 0 radical (unpaired) electrons. The molecule has 25 heavy (non-hydrogen) atoms. The van der Waals surface area contributed by atoms with Gasteiger partial charge in [-0.15, -0.1) is 21.5 Å². The predicted molar refractivity (Wildman–Crippen MR) is 103 cm³/mol. The number of aliphatic carboxylic acids is 1. The normalized spacial score (nSPS) is 13.2. The first-order valence-corrected chi connectivity index (χ1v) is 10.4. The molecule has 0 aliphatic heterocycles. The van der Waals surface area contributed by atoms with E-state index in [0.717, 1.165) is 24.3 Å². The van der Waals surface area contributed by atoms with Gasteiger partial charge in [-0.05, 0) is 51.9 Å². The number of thioether (sulfide) groups is 1. The number of halogens is 1. The second-order valence-corrected chi connectivity index (χ2v) is 8.33. The Balaban J connectivity index is 1.83. The maximum absolute atomic E-state index is 10.9. The number of hydrogen-bond donors (Lipinski definition) is 1.